The minimum Gasteiger partial charge on any atom is -0.367 e. The van der Waals surface area contributed by atoms with Gasteiger partial charge in [0.1, 0.15) is 12.2 Å². The quantitative estimate of drug-likeness (QED) is 0.644. The molecule has 0 bridgehead atoms. The Balaban J connectivity index is 2.18. The van der Waals surface area contributed by atoms with Crippen LogP contribution >= 0.6 is 0 Å². The molecule has 0 aromatic heterocycles. The lowest BCUT2D eigenvalue weighted by molar-refractivity contribution is -0.218. The predicted molar refractivity (Wildman–Crippen MR) is 53.0 cm³/mol. The molecular formula is C10H19NO4. The highest BCUT2D eigenvalue weighted by Crippen LogP contribution is 2.37. The molecule has 5 nitrogen and oxygen atoms in total. The highest BCUT2D eigenvalue weighted by Gasteiger charge is 2.53. The Hall–Kier alpha value is -0.200. The molecule has 0 aromatic carbocycles. The molecule has 0 aromatic rings. The minimum absolute atomic E-state index is 0.147. The number of ether oxygens (including phenoxy) is 3. The molecule has 0 saturated carbocycles. The van der Waals surface area contributed by atoms with Gasteiger partial charge in [0.2, 0.25) is 0 Å². The molecule has 2 aliphatic heterocycles. The molecule has 0 spiro atoms. The van der Waals surface area contributed by atoms with Crippen molar-refractivity contribution in [3.05, 3.63) is 0 Å². The summed E-state index contributed by atoms with van der Waals surface area (Å²) >= 11 is 0. The molecule has 88 valence electrons. The topological polar surface area (TPSA) is 73.9 Å². The van der Waals surface area contributed by atoms with Crippen LogP contribution in [0.15, 0.2) is 0 Å². The van der Waals surface area contributed by atoms with Crippen molar-refractivity contribution in [3.63, 3.8) is 0 Å². The molecule has 0 amide bonds. The number of hydrogen-bond donors (Lipinski definition) is 2. The summed E-state index contributed by atoms with van der Waals surface area (Å²) in [5, 5.41) is 9.61. The zero-order valence-corrected chi connectivity index (χ0v) is 9.34. The Morgan fingerprint density at radius 3 is 2.47 bits per heavy atom. The van der Waals surface area contributed by atoms with Crippen LogP contribution in [0.4, 0.5) is 0 Å². The van der Waals surface area contributed by atoms with Gasteiger partial charge in [0.25, 0.3) is 0 Å². The second kappa shape index (κ2) is 3.68. The third kappa shape index (κ3) is 1.90. The monoisotopic (exact) mass is 217 g/mol. The third-order valence-electron chi connectivity index (χ3n) is 2.96. The maximum Gasteiger partial charge on any atom is 0.172 e. The fraction of sp³-hybridized carbons (Fsp3) is 1.00. The largest absolute Gasteiger partial charge is 0.367 e. The molecule has 0 radical (unpaired) electrons. The van der Waals surface area contributed by atoms with Crippen LogP contribution in [0, 0.1) is 0 Å². The third-order valence-corrected chi connectivity index (χ3v) is 2.96. The molecule has 15 heavy (non-hydrogen) atoms. The molecule has 2 rings (SSSR count). The lowest BCUT2D eigenvalue weighted by Gasteiger charge is -2.38. The Labute approximate surface area is 89.5 Å². The average molecular weight is 217 g/mol. The summed E-state index contributed by atoms with van der Waals surface area (Å²) in [4.78, 5) is 0. The second-order valence-electron chi connectivity index (χ2n) is 4.62. The number of rotatable bonds is 1. The first-order chi connectivity index (χ1) is 6.94. The summed E-state index contributed by atoms with van der Waals surface area (Å²) in [6.45, 7) is 5.67. The average Bonchev–Trinajstić information content (AvgIpc) is 2.48. The van der Waals surface area contributed by atoms with E-state index in [4.69, 9.17) is 19.9 Å². The fourth-order valence-corrected chi connectivity index (χ4v) is 2.24. The summed E-state index contributed by atoms with van der Waals surface area (Å²) in [6, 6.07) is -0.542. The standard InChI is InChI=1S/C10H19NO4/c1-4-5-7-8(6(11)9(12)13-5)15-10(2,3)14-7/h5-9,12H,4,11H2,1-3H3/t5-,6+,7+,8-,9?/m1/s1. The highest BCUT2D eigenvalue weighted by molar-refractivity contribution is 4.97. The van der Waals surface area contributed by atoms with E-state index in [1.54, 1.807) is 0 Å². The van der Waals surface area contributed by atoms with Gasteiger partial charge in [-0.15, -0.1) is 0 Å². The molecule has 3 N–H and O–H groups in total. The molecule has 5 heteroatoms. The van der Waals surface area contributed by atoms with Crippen molar-refractivity contribution in [1.82, 2.24) is 0 Å². The Morgan fingerprint density at radius 2 is 1.87 bits per heavy atom. The molecule has 2 aliphatic rings. The number of hydrogen-bond acceptors (Lipinski definition) is 5. The van der Waals surface area contributed by atoms with Crippen LogP contribution in [0.25, 0.3) is 0 Å². The Kier molecular flexibility index (Phi) is 2.77. The second-order valence-corrected chi connectivity index (χ2v) is 4.62. The van der Waals surface area contributed by atoms with E-state index in [-0.39, 0.29) is 18.3 Å². The normalized spacial score (nSPS) is 49.0. The smallest absolute Gasteiger partial charge is 0.172 e. The van der Waals surface area contributed by atoms with Gasteiger partial charge in [-0.05, 0) is 20.3 Å². The minimum atomic E-state index is -0.964. The van der Waals surface area contributed by atoms with E-state index in [0.29, 0.717) is 0 Å². The van der Waals surface area contributed by atoms with E-state index >= 15 is 0 Å². The van der Waals surface area contributed by atoms with Crippen LogP contribution in [0.5, 0.6) is 0 Å². The van der Waals surface area contributed by atoms with Gasteiger partial charge in [-0.1, -0.05) is 6.92 Å². The van der Waals surface area contributed by atoms with Gasteiger partial charge in [0, 0.05) is 0 Å². The van der Waals surface area contributed by atoms with Gasteiger partial charge in [-0.3, -0.25) is 0 Å². The zero-order valence-electron chi connectivity index (χ0n) is 9.34. The summed E-state index contributed by atoms with van der Waals surface area (Å²) in [5.41, 5.74) is 5.82. The van der Waals surface area contributed by atoms with Gasteiger partial charge in [-0.2, -0.15) is 0 Å². The lowest BCUT2D eigenvalue weighted by Crippen LogP contribution is -2.59. The molecule has 2 saturated heterocycles. The van der Waals surface area contributed by atoms with E-state index in [2.05, 4.69) is 0 Å². The predicted octanol–water partition coefficient (Wildman–Crippen LogP) is -0.0390. The summed E-state index contributed by atoms with van der Waals surface area (Å²) in [5.74, 6) is -0.645. The van der Waals surface area contributed by atoms with E-state index in [0.717, 1.165) is 6.42 Å². The first-order valence-corrected chi connectivity index (χ1v) is 5.39. The number of fused-ring (bicyclic) bond motifs is 1. The van der Waals surface area contributed by atoms with Gasteiger partial charge in [0.15, 0.2) is 12.1 Å². The van der Waals surface area contributed by atoms with Crippen LogP contribution in [0.2, 0.25) is 0 Å². The SMILES string of the molecule is CC[C@H]1OC(O)[C@@H](N)[C@H]2OC(C)(C)O[C@H]21. The van der Waals surface area contributed by atoms with Crippen LogP contribution in [0.3, 0.4) is 0 Å². The molecule has 2 heterocycles. The van der Waals surface area contributed by atoms with Gasteiger partial charge in [0.05, 0.1) is 12.1 Å². The number of aliphatic hydroxyl groups excluding tert-OH is 1. The van der Waals surface area contributed by atoms with Gasteiger partial charge in [-0.25, -0.2) is 0 Å². The first-order valence-electron chi connectivity index (χ1n) is 5.39. The van der Waals surface area contributed by atoms with E-state index in [9.17, 15) is 5.11 Å². The summed E-state index contributed by atoms with van der Waals surface area (Å²) < 4.78 is 16.8. The fourth-order valence-electron chi connectivity index (χ4n) is 2.24. The van der Waals surface area contributed by atoms with Crippen molar-refractivity contribution < 1.29 is 19.3 Å². The maximum absolute atomic E-state index is 9.61. The molecular weight excluding hydrogens is 198 g/mol. The Bertz CT molecular complexity index is 238. The van der Waals surface area contributed by atoms with Crippen molar-refractivity contribution in [3.8, 4) is 0 Å². The number of aliphatic hydroxyl groups is 1. The van der Waals surface area contributed by atoms with Crippen molar-refractivity contribution >= 4 is 0 Å². The van der Waals surface area contributed by atoms with Crippen LogP contribution in [-0.4, -0.2) is 41.5 Å². The summed E-state index contributed by atoms with van der Waals surface area (Å²) in [6.07, 6.45) is -0.804. The molecule has 5 atom stereocenters. The van der Waals surface area contributed by atoms with E-state index < -0.39 is 18.1 Å². The highest BCUT2D eigenvalue weighted by atomic mass is 16.8. The van der Waals surface area contributed by atoms with Crippen molar-refractivity contribution in [1.29, 1.82) is 0 Å². The molecule has 1 unspecified atom stereocenters. The van der Waals surface area contributed by atoms with Crippen molar-refractivity contribution in [2.75, 3.05) is 0 Å². The lowest BCUT2D eigenvalue weighted by atomic mass is 9.96. The summed E-state index contributed by atoms with van der Waals surface area (Å²) in [7, 11) is 0. The first kappa shape index (κ1) is 11.3. The van der Waals surface area contributed by atoms with Crippen LogP contribution < -0.4 is 5.73 Å². The van der Waals surface area contributed by atoms with Crippen LogP contribution in [0.1, 0.15) is 27.2 Å². The van der Waals surface area contributed by atoms with Gasteiger partial charge < -0.3 is 25.1 Å². The van der Waals surface area contributed by atoms with Crippen molar-refractivity contribution in [2.45, 2.75) is 63.6 Å². The van der Waals surface area contributed by atoms with E-state index in [1.807, 2.05) is 20.8 Å². The van der Waals surface area contributed by atoms with E-state index in [1.165, 1.54) is 0 Å². The zero-order chi connectivity index (χ0) is 11.2. The molecule has 2 fully saturated rings. The maximum atomic E-state index is 9.61. The van der Waals surface area contributed by atoms with Crippen molar-refractivity contribution in [2.24, 2.45) is 5.73 Å². The Morgan fingerprint density at radius 1 is 1.27 bits per heavy atom. The van der Waals surface area contributed by atoms with Gasteiger partial charge >= 0.3 is 0 Å². The number of nitrogens with two attached hydrogens (primary N) is 1. The van der Waals surface area contributed by atoms with Crippen LogP contribution in [-0.2, 0) is 14.2 Å². The molecule has 0 aliphatic carbocycles.